The van der Waals surface area contributed by atoms with E-state index in [2.05, 4.69) is 0 Å². The van der Waals surface area contributed by atoms with Gasteiger partial charge in [0.1, 0.15) is 23.0 Å². The van der Waals surface area contributed by atoms with Gasteiger partial charge in [-0.15, -0.1) is 0 Å². The van der Waals surface area contributed by atoms with E-state index in [0.717, 1.165) is 0 Å². The summed E-state index contributed by atoms with van der Waals surface area (Å²) in [6.45, 7) is 0. The zero-order chi connectivity index (χ0) is 45.9. The first kappa shape index (κ1) is 54.8. The summed E-state index contributed by atoms with van der Waals surface area (Å²) in [5.41, 5.74) is 0.649. The van der Waals surface area contributed by atoms with Crippen LogP contribution in [0.4, 0.5) is 52.7 Å². The van der Waals surface area contributed by atoms with Gasteiger partial charge in [0.15, 0.2) is 0 Å². The molecule has 0 aliphatic heterocycles. The maximum atomic E-state index is 11.8. The Hall–Kier alpha value is -6.25. The minimum atomic E-state index is -4.96. The van der Waals surface area contributed by atoms with Crippen molar-refractivity contribution in [3.8, 4) is 0 Å². The molecule has 4 aromatic rings. The van der Waals surface area contributed by atoms with Gasteiger partial charge >= 0.3 is 24.7 Å². The maximum absolute atomic E-state index is 11.8. The predicted molar refractivity (Wildman–Crippen MR) is 192 cm³/mol. The van der Waals surface area contributed by atoms with Crippen molar-refractivity contribution in [2.24, 2.45) is 0 Å². The number of carbonyl (C=O) groups is 4. The molecule has 0 unspecified atom stereocenters. The van der Waals surface area contributed by atoms with Crippen molar-refractivity contribution in [2.75, 3.05) is 0 Å². The van der Waals surface area contributed by atoms with Crippen LogP contribution in [-0.4, -0.2) is 68.3 Å². The second-order valence-corrected chi connectivity index (χ2v) is 11.0. The van der Waals surface area contributed by atoms with Crippen LogP contribution in [0.2, 0.25) is 0 Å². The van der Waals surface area contributed by atoms with Crippen LogP contribution in [-0.2, 0) is 45.0 Å². The molecule has 0 atom stereocenters. The van der Waals surface area contributed by atoms with Crippen molar-refractivity contribution >= 4 is 46.2 Å². The van der Waals surface area contributed by atoms with Crippen molar-refractivity contribution in [1.82, 2.24) is 0 Å². The first-order valence-electron chi connectivity index (χ1n) is 15.9. The van der Waals surface area contributed by atoms with Crippen molar-refractivity contribution in [3.05, 3.63) is 168 Å². The number of carbonyl (C=O) groups excluding carboxylic acids is 4. The van der Waals surface area contributed by atoms with E-state index in [1.165, 1.54) is 97.1 Å². The molecule has 4 N–H and O–H groups in total. The minimum Gasteiger partial charge on any atom is -0.507 e. The smallest absolute Gasteiger partial charge is 0.454 e. The fourth-order valence-corrected chi connectivity index (χ4v) is 3.59. The molecule has 4 rings (SSSR count). The summed E-state index contributed by atoms with van der Waals surface area (Å²) in [5.74, 6) is -11.1. The maximum Gasteiger partial charge on any atom is 0.454 e. The minimum absolute atomic E-state index is 0. The van der Waals surface area contributed by atoms with Gasteiger partial charge in [-0.3, -0.25) is 19.2 Å². The molecule has 0 bridgehead atoms. The molecular weight excluding hydrogens is 1010 g/mol. The molecule has 0 fully saturated rings. The number of allylic oxidation sites excluding steroid dienone is 4. The zero-order valence-corrected chi connectivity index (χ0v) is 33.9. The second kappa shape index (κ2) is 24.7. The molecule has 0 amide bonds. The van der Waals surface area contributed by atoms with E-state index in [4.69, 9.17) is 0 Å². The summed E-state index contributed by atoms with van der Waals surface area (Å²) in [4.78, 5) is 41.9. The van der Waals surface area contributed by atoms with Gasteiger partial charge < -0.3 is 20.4 Å². The van der Waals surface area contributed by atoms with Gasteiger partial charge in [-0.2, -0.15) is 52.7 Å². The van der Waals surface area contributed by atoms with E-state index < -0.39 is 70.9 Å². The van der Waals surface area contributed by atoms with Crippen LogP contribution in [0, 0.1) is 0 Å². The summed E-state index contributed by atoms with van der Waals surface area (Å²) in [6, 6.07) is 30.1. The van der Waals surface area contributed by atoms with Gasteiger partial charge in [-0.1, -0.05) is 121 Å². The molecule has 4 aromatic carbocycles. The van der Waals surface area contributed by atoms with Crippen molar-refractivity contribution in [3.63, 3.8) is 0 Å². The van der Waals surface area contributed by atoms with Gasteiger partial charge in [0.25, 0.3) is 23.1 Å². The van der Waals surface area contributed by atoms with E-state index in [-0.39, 0.29) is 72.4 Å². The first-order valence-corrected chi connectivity index (χ1v) is 15.9. The molecular formula is C40H28F12HfO8. The molecule has 0 spiro atoms. The molecule has 8 nitrogen and oxygen atoms in total. The number of benzene rings is 4. The van der Waals surface area contributed by atoms with Crippen LogP contribution < -0.4 is 0 Å². The SMILES string of the molecule is O=C(C=C(O)c1ccccc1)C(F)(F)F.O=C(C=C(O)c1ccccc1)C(F)(F)F.O=C(C=C(O)c1ccccc1)C(F)(F)F.O=C(C=C(O)c1ccccc1)C(F)(F)F.[Hf]. The largest absolute Gasteiger partial charge is 0.507 e. The second-order valence-electron chi connectivity index (χ2n) is 11.0. The Bertz CT molecular complexity index is 1830. The molecule has 0 heterocycles. The van der Waals surface area contributed by atoms with E-state index in [1.54, 1.807) is 24.3 Å². The summed E-state index contributed by atoms with van der Waals surface area (Å²) < 4.78 is 142. The Morgan fingerprint density at radius 1 is 0.311 bits per heavy atom. The fourth-order valence-electron chi connectivity index (χ4n) is 3.59. The van der Waals surface area contributed by atoms with Gasteiger partial charge in [0.2, 0.25) is 0 Å². The third-order valence-electron chi connectivity index (χ3n) is 6.47. The molecule has 0 aromatic heterocycles. The van der Waals surface area contributed by atoms with Gasteiger partial charge in [-0.25, -0.2) is 0 Å². The van der Waals surface area contributed by atoms with Crippen molar-refractivity contribution < 1.29 is 118 Å². The predicted octanol–water partition coefficient (Wildman–Crippen LogP) is 10.9. The van der Waals surface area contributed by atoms with Gasteiger partial charge in [0, 0.05) is 72.4 Å². The molecule has 21 heteroatoms. The fraction of sp³-hybridized carbons (Fsp3) is 0.100. The molecule has 61 heavy (non-hydrogen) atoms. The number of alkyl halides is 12. The Morgan fingerprint density at radius 2 is 0.443 bits per heavy atom. The Labute approximate surface area is 355 Å². The third kappa shape index (κ3) is 21.5. The van der Waals surface area contributed by atoms with Gasteiger partial charge in [-0.05, 0) is 0 Å². The quantitative estimate of drug-likeness (QED) is 0.0590. The first-order chi connectivity index (χ1) is 27.6. The topological polar surface area (TPSA) is 149 Å². The molecule has 324 valence electrons. The van der Waals surface area contributed by atoms with Crippen LogP contribution in [0.3, 0.4) is 0 Å². The van der Waals surface area contributed by atoms with Crippen molar-refractivity contribution in [2.45, 2.75) is 24.7 Å². The van der Waals surface area contributed by atoms with Crippen LogP contribution in [0.1, 0.15) is 22.3 Å². The standard InChI is InChI=1S/4C10H7F3O2.Hf/c4*11-10(12,13)9(15)6-8(14)7-4-2-1-3-5-7;/h4*1-6,14H;. The molecule has 0 aliphatic rings. The van der Waals surface area contributed by atoms with E-state index in [9.17, 15) is 92.3 Å². The number of halogens is 12. The number of aliphatic hydroxyl groups excluding tert-OH is 4. The third-order valence-corrected chi connectivity index (χ3v) is 6.47. The number of hydrogen-bond donors (Lipinski definition) is 4. The zero-order valence-electron chi connectivity index (χ0n) is 30.3. The number of ketones is 4. The summed E-state index contributed by atoms with van der Waals surface area (Å²) in [6.07, 6.45) is -19.2. The monoisotopic (exact) mass is 1040 g/mol. The molecule has 0 radical (unpaired) electrons. The van der Waals surface area contributed by atoms with E-state index in [0.29, 0.717) is 0 Å². The Kier molecular flexibility index (Phi) is 22.2. The molecule has 0 saturated carbocycles. The van der Waals surface area contributed by atoms with Crippen molar-refractivity contribution in [1.29, 1.82) is 0 Å². The summed E-state index contributed by atoms with van der Waals surface area (Å²) in [5, 5.41) is 36.8. The number of aliphatic hydroxyl groups is 4. The summed E-state index contributed by atoms with van der Waals surface area (Å²) >= 11 is 0. The Balaban J connectivity index is 0.000000783. The van der Waals surface area contributed by atoms with Gasteiger partial charge in [0.05, 0.1) is 0 Å². The number of hydrogen-bond acceptors (Lipinski definition) is 8. The average molecular weight is 1040 g/mol. The molecule has 0 saturated heterocycles. The van der Waals surface area contributed by atoms with E-state index >= 15 is 0 Å². The molecule has 0 aliphatic carbocycles. The average Bonchev–Trinajstić information content (AvgIpc) is 3.18. The summed E-state index contributed by atoms with van der Waals surface area (Å²) in [7, 11) is 0. The Morgan fingerprint density at radius 3 is 0.557 bits per heavy atom. The normalized spacial score (nSPS) is 12.4. The van der Waals surface area contributed by atoms with Crippen LogP contribution in [0.15, 0.2) is 146 Å². The van der Waals surface area contributed by atoms with Crippen LogP contribution >= 0.6 is 0 Å². The van der Waals surface area contributed by atoms with Crippen LogP contribution in [0.5, 0.6) is 0 Å². The van der Waals surface area contributed by atoms with E-state index in [1.807, 2.05) is 0 Å². The van der Waals surface area contributed by atoms with Crippen LogP contribution in [0.25, 0.3) is 23.0 Å². The number of rotatable bonds is 8.